The molecule has 0 saturated carbocycles. The molecule has 1 aliphatic rings. The fraction of sp³-hybridized carbons (Fsp3) is 0.381. The number of aryl methyl sites for hydroxylation is 1. The Bertz CT molecular complexity index is 874. The first-order valence-corrected chi connectivity index (χ1v) is 10.4. The van der Waals surface area contributed by atoms with Crippen LogP contribution < -0.4 is 10.1 Å². The summed E-state index contributed by atoms with van der Waals surface area (Å²) in [5.74, 6) is 0.463. The Kier molecular flexibility index (Phi) is 6.87. The van der Waals surface area contributed by atoms with Crippen LogP contribution in [-0.4, -0.2) is 67.4 Å². The molecule has 1 fully saturated rings. The number of methoxy groups -OCH3 is 1. The zero-order valence-corrected chi connectivity index (χ0v) is 17.5. The maximum atomic E-state index is 12.7. The SMILES string of the molecule is COc1cc(C(=O)N2CCN(C(=O)CCNC(=O)c3cccs3)CC2)ccc1C. The van der Waals surface area contributed by atoms with Crippen LogP contribution in [0.3, 0.4) is 0 Å². The summed E-state index contributed by atoms with van der Waals surface area (Å²) >= 11 is 1.37. The number of carbonyl (C=O) groups excluding carboxylic acids is 3. The minimum Gasteiger partial charge on any atom is -0.496 e. The number of piperazine rings is 1. The number of hydrogen-bond donors (Lipinski definition) is 1. The van der Waals surface area contributed by atoms with Crippen LogP contribution in [-0.2, 0) is 4.79 Å². The van der Waals surface area contributed by atoms with Crippen LogP contribution in [0.5, 0.6) is 5.75 Å². The number of nitrogens with zero attached hydrogens (tertiary/aromatic N) is 2. The molecule has 3 amide bonds. The van der Waals surface area contributed by atoms with Gasteiger partial charge in [0.2, 0.25) is 5.91 Å². The zero-order valence-electron chi connectivity index (χ0n) is 16.6. The predicted octanol–water partition coefficient (Wildman–Crippen LogP) is 2.17. The smallest absolute Gasteiger partial charge is 0.261 e. The van der Waals surface area contributed by atoms with E-state index >= 15 is 0 Å². The van der Waals surface area contributed by atoms with E-state index in [9.17, 15) is 14.4 Å². The summed E-state index contributed by atoms with van der Waals surface area (Å²) in [4.78, 5) is 41.2. The molecule has 3 rings (SSSR count). The van der Waals surface area contributed by atoms with E-state index in [-0.39, 0.29) is 24.1 Å². The van der Waals surface area contributed by atoms with Gasteiger partial charge in [-0.05, 0) is 36.1 Å². The number of benzene rings is 1. The fourth-order valence-corrected chi connectivity index (χ4v) is 3.87. The van der Waals surface area contributed by atoms with Gasteiger partial charge in [0.05, 0.1) is 12.0 Å². The molecule has 8 heteroatoms. The highest BCUT2D eigenvalue weighted by Gasteiger charge is 2.25. The van der Waals surface area contributed by atoms with E-state index in [2.05, 4.69) is 5.32 Å². The largest absolute Gasteiger partial charge is 0.496 e. The quantitative estimate of drug-likeness (QED) is 0.784. The molecule has 1 aliphatic heterocycles. The van der Waals surface area contributed by atoms with Crippen molar-refractivity contribution in [3.05, 3.63) is 51.7 Å². The van der Waals surface area contributed by atoms with Gasteiger partial charge in [-0.3, -0.25) is 14.4 Å². The average molecular weight is 416 g/mol. The van der Waals surface area contributed by atoms with Crippen molar-refractivity contribution in [1.29, 1.82) is 0 Å². The molecule has 0 spiro atoms. The van der Waals surface area contributed by atoms with Gasteiger partial charge in [0.1, 0.15) is 5.75 Å². The van der Waals surface area contributed by atoms with E-state index < -0.39 is 0 Å². The van der Waals surface area contributed by atoms with Crippen LogP contribution in [0.15, 0.2) is 35.7 Å². The van der Waals surface area contributed by atoms with E-state index in [1.165, 1.54) is 11.3 Å². The van der Waals surface area contributed by atoms with Gasteiger partial charge < -0.3 is 19.9 Å². The molecule has 0 bridgehead atoms. The number of rotatable bonds is 6. The number of ether oxygens (including phenoxy) is 1. The molecule has 154 valence electrons. The van der Waals surface area contributed by atoms with Crippen LogP contribution in [0.1, 0.15) is 32.0 Å². The van der Waals surface area contributed by atoms with Crippen molar-refractivity contribution < 1.29 is 19.1 Å². The van der Waals surface area contributed by atoms with Gasteiger partial charge in [0.15, 0.2) is 0 Å². The molecule has 0 aliphatic carbocycles. The Hall–Kier alpha value is -2.87. The minimum absolute atomic E-state index is 0.0133. The van der Waals surface area contributed by atoms with Gasteiger partial charge in [-0.15, -0.1) is 11.3 Å². The highest BCUT2D eigenvalue weighted by molar-refractivity contribution is 7.12. The fourth-order valence-electron chi connectivity index (χ4n) is 3.23. The Morgan fingerprint density at radius 3 is 2.48 bits per heavy atom. The lowest BCUT2D eigenvalue weighted by Crippen LogP contribution is -2.51. The molecule has 0 radical (unpaired) electrons. The molecular formula is C21H25N3O4S. The van der Waals surface area contributed by atoms with Gasteiger partial charge in [-0.25, -0.2) is 0 Å². The van der Waals surface area contributed by atoms with Crippen molar-refractivity contribution in [3.63, 3.8) is 0 Å². The molecular weight excluding hydrogens is 390 g/mol. The molecule has 29 heavy (non-hydrogen) atoms. The molecule has 0 unspecified atom stereocenters. The first kappa shape index (κ1) is 20.9. The van der Waals surface area contributed by atoms with Crippen molar-refractivity contribution in [2.24, 2.45) is 0 Å². The summed E-state index contributed by atoms with van der Waals surface area (Å²) in [5.41, 5.74) is 1.56. The standard InChI is InChI=1S/C21H25N3O4S/c1-15-5-6-16(14-17(15)28-2)21(27)24-11-9-23(10-12-24)19(25)7-8-22-20(26)18-4-3-13-29-18/h3-6,13-14H,7-12H2,1-2H3,(H,22,26). The summed E-state index contributed by atoms with van der Waals surface area (Å²) in [6, 6.07) is 9.00. The molecule has 7 nitrogen and oxygen atoms in total. The predicted molar refractivity (Wildman–Crippen MR) is 111 cm³/mol. The maximum absolute atomic E-state index is 12.7. The number of carbonyl (C=O) groups is 3. The Morgan fingerprint density at radius 2 is 1.83 bits per heavy atom. The molecule has 2 aromatic rings. The molecule has 2 heterocycles. The second kappa shape index (κ2) is 9.56. The number of thiophene rings is 1. The van der Waals surface area contributed by atoms with E-state index in [4.69, 9.17) is 4.74 Å². The van der Waals surface area contributed by atoms with Crippen LogP contribution in [0.2, 0.25) is 0 Å². The third-order valence-corrected chi connectivity index (χ3v) is 5.81. The lowest BCUT2D eigenvalue weighted by molar-refractivity contribution is -0.132. The van der Waals surface area contributed by atoms with Gasteiger partial charge in [0, 0.05) is 44.7 Å². The van der Waals surface area contributed by atoms with E-state index in [0.29, 0.717) is 48.9 Å². The van der Waals surface area contributed by atoms with Gasteiger partial charge in [-0.2, -0.15) is 0 Å². The summed E-state index contributed by atoms with van der Waals surface area (Å²) < 4.78 is 5.30. The average Bonchev–Trinajstić information content (AvgIpc) is 3.28. The highest BCUT2D eigenvalue weighted by atomic mass is 32.1. The van der Waals surface area contributed by atoms with Crippen LogP contribution >= 0.6 is 11.3 Å². The Balaban J connectivity index is 1.45. The summed E-state index contributed by atoms with van der Waals surface area (Å²) in [7, 11) is 1.59. The van der Waals surface area contributed by atoms with Crippen molar-refractivity contribution in [2.45, 2.75) is 13.3 Å². The highest BCUT2D eigenvalue weighted by Crippen LogP contribution is 2.20. The molecule has 0 atom stereocenters. The molecule has 1 N–H and O–H groups in total. The normalized spacial score (nSPS) is 13.9. The number of hydrogen-bond acceptors (Lipinski definition) is 5. The topological polar surface area (TPSA) is 79.0 Å². The van der Waals surface area contributed by atoms with Crippen molar-refractivity contribution in [2.75, 3.05) is 39.8 Å². The first-order chi connectivity index (χ1) is 14.0. The van der Waals surface area contributed by atoms with Gasteiger partial charge in [0.25, 0.3) is 11.8 Å². The minimum atomic E-state index is -0.156. The van der Waals surface area contributed by atoms with Gasteiger partial charge >= 0.3 is 0 Å². The van der Waals surface area contributed by atoms with Gasteiger partial charge in [-0.1, -0.05) is 12.1 Å². The van der Waals surface area contributed by atoms with Crippen LogP contribution in [0, 0.1) is 6.92 Å². The van der Waals surface area contributed by atoms with Crippen LogP contribution in [0.25, 0.3) is 0 Å². The third-order valence-electron chi connectivity index (χ3n) is 4.94. The zero-order chi connectivity index (χ0) is 20.8. The molecule has 1 saturated heterocycles. The number of nitrogens with one attached hydrogen (secondary N) is 1. The molecule has 1 aromatic carbocycles. The second-order valence-corrected chi connectivity index (χ2v) is 7.79. The van der Waals surface area contributed by atoms with Crippen LogP contribution in [0.4, 0.5) is 0 Å². The third kappa shape index (κ3) is 5.14. The number of amides is 3. The van der Waals surface area contributed by atoms with E-state index in [0.717, 1.165) is 5.56 Å². The monoisotopic (exact) mass is 415 g/mol. The first-order valence-electron chi connectivity index (χ1n) is 9.53. The Morgan fingerprint density at radius 1 is 1.10 bits per heavy atom. The van der Waals surface area contributed by atoms with E-state index in [1.54, 1.807) is 35.1 Å². The van der Waals surface area contributed by atoms with Crippen molar-refractivity contribution >= 4 is 29.1 Å². The maximum Gasteiger partial charge on any atom is 0.261 e. The van der Waals surface area contributed by atoms with Crippen molar-refractivity contribution in [3.8, 4) is 5.75 Å². The lowest BCUT2D eigenvalue weighted by Gasteiger charge is -2.35. The summed E-state index contributed by atoms with van der Waals surface area (Å²) in [6.07, 6.45) is 0.250. The van der Waals surface area contributed by atoms with Crippen molar-refractivity contribution in [1.82, 2.24) is 15.1 Å². The summed E-state index contributed by atoms with van der Waals surface area (Å²) in [6.45, 7) is 4.20. The Labute approximate surface area is 174 Å². The molecule has 1 aromatic heterocycles. The second-order valence-electron chi connectivity index (χ2n) is 6.84. The van der Waals surface area contributed by atoms with E-state index in [1.807, 2.05) is 24.4 Å². The lowest BCUT2D eigenvalue weighted by atomic mass is 10.1. The summed E-state index contributed by atoms with van der Waals surface area (Å²) in [5, 5.41) is 4.61.